The molecule has 0 aliphatic rings. The van der Waals surface area contributed by atoms with Gasteiger partial charge in [-0.1, -0.05) is 6.07 Å². The van der Waals surface area contributed by atoms with Crippen molar-refractivity contribution in [1.82, 2.24) is 0 Å². The zero-order valence-corrected chi connectivity index (χ0v) is 10.5. The summed E-state index contributed by atoms with van der Waals surface area (Å²) in [7, 11) is 1.96. The molecule has 0 fully saturated rings. The van der Waals surface area contributed by atoms with Crippen molar-refractivity contribution in [3.63, 3.8) is 0 Å². The van der Waals surface area contributed by atoms with Gasteiger partial charge in [-0.3, -0.25) is 0 Å². The summed E-state index contributed by atoms with van der Waals surface area (Å²) in [4.78, 5) is 2.04. The minimum atomic E-state index is -0.285. The summed E-state index contributed by atoms with van der Waals surface area (Å²) in [5.41, 5.74) is 2.78. The topological polar surface area (TPSA) is 43.7 Å². The molecule has 0 bridgehead atoms. The Morgan fingerprint density at radius 1 is 1.25 bits per heavy atom. The molecule has 16 heavy (non-hydrogen) atoms. The molecule has 1 rings (SSSR count). The lowest BCUT2D eigenvalue weighted by atomic mass is 10.0. The second-order valence-corrected chi connectivity index (χ2v) is 4.80. The summed E-state index contributed by atoms with van der Waals surface area (Å²) >= 11 is 0. The maximum Gasteiger partial charge on any atom is 0.0684 e. The van der Waals surface area contributed by atoms with Crippen molar-refractivity contribution in [3.05, 3.63) is 29.3 Å². The van der Waals surface area contributed by atoms with Gasteiger partial charge in [-0.2, -0.15) is 0 Å². The van der Waals surface area contributed by atoms with Crippen LogP contribution in [0, 0.1) is 6.92 Å². The highest BCUT2D eigenvalue weighted by molar-refractivity contribution is 5.52. The number of aliphatic hydroxyl groups excluding tert-OH is 2. The van der Waals surface area contributed by atoms with Gasteiger partial charge in [-0.25, -0.2) is 0 Å². The first-order chi connectivity index (χ1) is 7.42. The summed E-state index contributed by atoms with van der Waals surface area (Å²) in [5, 5.41) is 18.4. The maximum atomic E-state index is 9.31. The Morgan fingerprint density at radius 2 is 1.88 bits per heavy atom. The first-order valence-corrected chi connectivity index (χ1v) is 5.47. The molecule has 3 heteroatoms. The zero-order chi connectivity index (χ0) is 12.3. The highest BCUT2D eigenvalue weighted by Crippen LogP contribution is 2.24. The molecule has 1 aromatic rings. The normalized spacial score (nSPS) is 11.6. The summed E-state index contributed by atoms with van der Waals surface area (Å²) < 4.78 is 0. The van der Waals surface area contributed by atoms with Gasteiger partial charge in [-0.05, 0) is 44.0 Å². The molecule has 0 atom stereocenters. The number of likely N-dealkylation sites (N-methyl/N-ethyl adjacent to an activating group) is 1. The van der Waals surface area contributed by atoms with Crippen molar-refractivity contribution < 1.29 is 10.2 Å². The van der Waals surface area contributed by atoms with E-state index in [9.17, 15) is 5.11 Å². The monoisotopic (exact) mass is 223 g/mol. The molecule has 0 spiro atoms. The van der Waals surface area contributed by atoms with Crippen molar-refractivity contribution in [2.75, 3.05) is 18.6 Å². The third-order valence-corrected chi connectivity index (χ3v) is 3.18. The number of hydrogen-bond acceptors (Lipinski definition) is 3. The van der Waals surface area contributed by atoms with E-state index < -0.39 is 0 Å². The lowest BCUT2D eigenvalue weighted by Crippen LogP contribution is -2.44. The van der Waals surface area contributed by atoms with Crippen molar-refractivity contribution in [2.45, 2.75) is 32.9 Å². The van der Waals surface area contributed by atoms with E-state index in [1.807, 2.05) is 50.9 Å². The number of aliphatic hydroxyl groups is 2. The van der Waals surface area contributed by atoms with Gasteiger partial charge in [-0.15, -0.1) is 0 Å². The van der Waals surface area contributed by atoms with Gasteiger partial charge in [0.05, 0.1) is 18.8 Å². The molecule has 0 aliphatic heterocycles. The van der Waals surface area contributed by atoms with E-state index in [-0.39, 0.29) is 18.8 Å². The van der Waals surface area contributed by atoms with Crippen molar-refractivity contribution in [2.24, 2.45) is 0 Å². The Labute approximate surface area is 97.3 Å². The molecule has 1 aromatic carbocycles. The Hall–Kier alpha value is -1.06. The summed E-state index contributed by atoms with van der Waals surface area (Å²) in [6.07, 6.45) is 0. The van der Waals surface area contributed by atoms with Crippen LogP contribution in [0.15, 0.2) is 18.2 Å². The van der Waals surface area contributed by atoms with Crippen LogP contribution in [0.25, 0.3) is 0 Å². The molecule has 0 aromatic heterocycles. The Morgan fingerprint density at radius 3 is 2.31 bits per heavy atom. The molecule has 0 saturated heterocycles. The largest absolute Gasteiger partial charge is 0.394 e. The third-order valence-electron chi connectivity index (χ3n) is 3.18. The van der Waals surface area contributed by atoms with Crippen LogP contribution in [0.5, 0.6) is 0 Å². The predicted octanol–water partition coefficient (Wildman–Crippen LogP) is 1.69. The summed E-state index contributed by atoms with van der Waals surface area (Å²) in [6.45, 7) is 6.13. The molecular formula is C13H21NO2. The molecular weight excluding hydrogens is 202 g/mol. The van der Waals surface area contributed by atoms with Gasteiger partial charge in [0, 0.05) is 12.7 Å². The first-order valence-electron chi connectivity index (χ1n) is 5.47. The summed E-state index contributed by atoms with van der Waals surface area (Å²) in [5.74, 6) is 0. The van der Waals surface area contributed by atoms with Crippen LogP contribution in [-0.2, 0) is 6.61 Å². The fourth-order valence-electron chi connectivity index (χ4n) is 1.52. The fraction of sp³-hybridized carbons (Fsp3) is 0.538. The van der Waals surface area contributed by atoms with E-state index in [0.29, 0.717) is 0 Å². The van der Waals surface area contributed by atoms with Gasteiger partial charge in [0.2, 0.25) is 0 Å². The fourth-order valence-corrected chi connectivity index (χ4v) is 1.52. The highest BCUT2D eigenvalue weighted by Gasteiger charge is 2.22. The van der Waals surface area contributed by atoms with Crippen molar-refractivity contribution in [1.29, 1.82) is 0 Å². The number of anilines is 1. The smallest absolute Gasteiger partial charge is 0.0684 e. The second kappa shape index (κ2) is 4.85. The predicted molar refractivity (Wildman–Crippen MR) is 66.7 cm³/mol. The van der Waals surface area contributed by atoms with Crippen LogP contribution in [0.4, 0.5) is 5.69 Å². The number of aryl methyl sites for hydroxylation is 1. The number of hydrogen-bond donors (Lipinski definition) is 2. The first kappa shape index (κ1) is 13.0. The van der Waals surface area contributed by atoms with Gasteiger partial charge < -0.3 is 15.1 Å². The molecule has 0 saturated carbocycles. The van der Waals surface area contributed by atoms with Crippen LogP contribution in [0.1, 0.15) is 25.0 Å². The average Bonchev–Trinajstić information content (AvgIpc) is 2.27. The Bertz CT molecular complexity index is 361. The minimum absolute atomic E-state index is 0.0687. The van der Waals surface area contributed by atoms with Crippen LogP contribution in [0.2, 0.25) is 0 Å². The van der Waals surface area contributed by atoms with E-state index in [0.717, 1.165) is 16.8 Å². The average molecular weight is 223 g/mol. The molecule has 0 radical (unpaired) electrons. The molecule has 0 aliphatic carbocycles. The Kier molecular flexibility index (Phi) is 3.94. The van der Waals surface area contributed by atoms with Gasteiger partial charge in [0.15, 0.2) is 0 Å². The van der Waals surface area contributed by atoms with E-state index in [2.05, 4.69) is 0 Å². The molecule has 0 heterocycles. The van der Waals surface area contributed by atoms with Gasteiger partial charge in [0.1, 0.15) is 0 Å². The lowest BCUT2D eigenvalue weighted by Gasteiger charge is -2.36. The van der Waals surface area contributed by atoms with Crippen LogP contribution in [0.3, 0.4) is 0 Å². The quantitative estimate of drug-likeness (QED) is 0.816. The van der Waals surface area contributed by atoms with Crippen LogP contribution in [-0.4, -0.2) is 29.4 Å². The highest BCUT2D eigenvalue weighted by atomic mass is 16.3. The van der Waals surface area contributed by atoms with Crippen LogP contribution >= 0.6 is 0 Å². The Balaban J connectivity index is 3.02. The van der Waals surface area contributed by atoms with E-state index in [4.69, 9.17) is 5.11 Å². The molecule has 0 unspecified atom stereocenters. The van der Waals surface area contributed by atoms with E-state index in [1.54, 1.807) is 0 Å². The molecule has 3 nitrogen and oxygen atoms in total. The zero-order valence-electron chi connectivity index (χ0n) is 10.5. The lowest BCUT2D eigenvalue weighted by molar-refractivity contribution is 0.216. The second-order valence-electron chi connectivity index (χ2n) is 4.80. The standard InChI is InChI=1S/C13H21NO2/c1-10-7-12(6-5-11(10)8-15)14(4)13(2,3)9-16/h5-7,15-16H,8-9H2,1-4H3. The number of benzene rings is 1. The molecule has 2 N–H and O–H groups in total. The van der Waals surface area contributed by atoms with Gasteiger partial charge in [0.25, 0.3) is 0 Å². The molecule has 90 valence electrons. The summed E-state index contributed by atoms with van der Waals surface area (Å²) in [6, 6.07) is 5.92. The van der Waals surface area contributed by atoms with E-state index in [1.165, 1.54) is 0 Å². The molecule has 0 amide bonds. The minimum Gasteiger partial charge on any atom is -0.394 e. The van der Waals surface area contributed by atoms with Crippen LogP contribution < -0.4 is 4.90 Å². The number of nitrogens with zero attached hydrogens (tertiary/aromatic N) is 1. The van der Waals surface area contributed by atoms with Crippen molar-refractivity contribution >= 4 is 5.69 Å². The third kappa shape index (κ3) is 2.54. The SMILES string of the molecule is Cc1cc(N(C)C(C)(C)CO)ccc1CO. The van der Waals surface area contributed by atoms with E-state index >= 15 is 0 Å². The van der Waals surface area contributed by atoms with Crippen molar-refractivity contribution in [3.8, 4) is 0 Å². The van der Waals surface area contributed by atoms with Gasteiger partial charge >= 0.3 is 0 Å². The number of rotatable bonds is 4. The maximum absolute atomic E-state index is 9.31.